The molecule has 0 radical (unpaired) electrons. The Kier molecular flexibility index (Phi) is 9.53. The van der Waals surface area contributed by atoms with E-state index in [4.69, 9.17) is 20.8 Å². The zero-order chi connectivity index (χ0) is 28.5. The summed E-state index contributed by atoms with van der Waals surface area (Å²) >= 11 is 5.88. The molecule has 2 amide bonds. The molecule has 1 heterocycles. The van der Waals surface area contributed by atoms with Crippen molar-refractivity contribution in [3.05, 3.63) is 100 Å². The second kappa shape index (κ2) is 13.4. The van der Waals surface area contributed by atoms with E-state index in [9.17, 15) is 19.5 Å². The lowest BCUT2D eigenvalue weighted by Gasteiger charge is -2.22. The van der Waals surface area contributed by atoms with Gasteiger partial charge in [-0.25, -0.2) is 5.43 Å². The fourth-order valence-corrected chi connectivity index (χ4v) is 4.32. The predicted molar refractivity (Wildman–Crippen MR) is 151 cm³/mol. The third-order valence-electron chi connectivity index (χ3n) is 6.14. The molecular formula is C30H28ClN3O6. The molecule has 4 rings (SSSR count). The van der Waals surface area contributed by atoms with E-state index < -0.39 is 5.91 Å². The minimum Gasteiger partial charge on any atom is -0.506 e. The van der Waals surface area contributed by atoms with E-state index in [0.29, 0.717) is 5.76 Å². The summed E-state index contributed by atoms with van der Waals surface area (Å²) in [6, 6.07) is 18.9. The number of halogens is 1. The lowest BCUT2D eigenvalue weighted by Crippen LogP contribution is -2.34. The van der Waals surface area contributed by atoms with Crippen LogP contribution in [0.2, 0.25) is 5.02 Å². The van der Waals surface area contributed by atoms with Crippen LogP contribution in [0.1, 0.15) is 40.6 Å². The normalized spacial score (nSPS) is 11.1. The lowest BCUT2D eigenvalue weighted by atomic mass is 9.97. The third-order valence-corrected chi connectivity index (χ3v) is 6.44. The lowest BCUT2D eigenvalue weighted by molar-refractivity contribution is -0.144. The highest BCUT2D eigenvalue weighted by Gasteiger charge is 2.19. The van der Waals surface area contributed by atoms with Gasteiger partial charge in [-0.15, -0.1) is 0 Å². The van der Waals surface area contributed by atoms with E-state index in [2.05, 4.69) is 10.5 Å². The fraction of sp³-hybridized carbons (Fsp3) is 0.200. The molecule has 4 aromatic rings. The number of hydrogen-bond donors (Lipinski definition) is 2. The summed E-state index contributed by atoms with van der Waals surface area (Å²) in [5.74, 6) is -0.509. The van der Waals surface area contributed by atoms with Crippen LogP contribution in [0.3, 0.4) is 0 Å². The van der Waals surface area contributed by atoms with Crippen molar-refractivity contribution >= 4 is 46.4 Å². The summed E-state index contributed by atoms with van der Waals surface area (Å²) in [6.07, 6.45) is 3.26. The van der Waals surface area contributed by atoms with Crippen LogP contribution in [0.15, 0.2) is 82.5 Å². The molecular weight excluding hydrogens is 534 g/mol. The molecule has 0 aliphatic carbocycles. The summed E-state index contributed by atoms with van der Waals surface area (Å²) < 4.78 is 10.4. The molecule has 0 spiro atoms. The van der Waals surface area contributed by atoms with Gasteiger partial charge in [0.15, 0.2) is 0 Å². The van der Waals surface area contributed by atoms with E-state index in [0.717, 1.165) is 21.9 Å². The average Bonchev–Trinajstić information content (AvgIpc) is 3.47. The molecule has 9 nitrogen and oxygen atoms in total. The Labute approximate surface area is 236 Å². The van der Waals surface area contributed by atoms with Crippen molar-refractivity contribution in [3.63, 3.8) is 0 Å². The summed E-state index contributed by atoms with van der Waals surface area (Å²) in [7, 11) is 0. The van der Waals surface area contributed by atoms with Gasteiger partial charge in [0, 0.05) is 17.7 Å². The summed E-state index contributed by atoms with van der Waals surface area (Å²) in [6.45, 7) is 2.46. The second-order valence-corrected chi connectivity index (χ2v) is 9.26. The largest absolute Gasteiger partial charge is 0.506 e. The van der Waals surface area contributed by atoms with Gasteiger partial charge in [0.05, 0.1) is 43.5 Å². The highest BCUT2D eigenvalue weighted by Crippen LogP contribution is 2.25. The Balaban J connectivity index is 1.50. The van der Waals surface area contributed by atoms with Gasteiger partial charge >= 0.3 is 5.97 Å². The highest BCUT2D eigenvalue weighted by atomic mass is 35.5. The molecule has 10 heteroatoms. The Hall–Kier alpha value is -4.63. The van der Waals surface area contributed by atoms with E-state index in [1.165, 1.54) is 24.4 Å². The number of fused-ring (bicyclic) bond motifs is 1. The number of hydrazone groups is 1. The standard InChI is InChI=1S/C30H28ClN3O6/c1-2-39-29(37)13-14-34(19-23-6-5-15-40-23)28(36)17-20-9-10-22(25-8-4-3-7-24(20)25)18-32-33-30(38)21-11-12-27(35)26(31)16-21/h3-12,15-16,18,35H,2,13-14,17,19H2,1H3,(H,33,38). The predicted octanol–water partition coefficient (Wildman–Crippen LogP) is 5.08. The topological polar surface area (TPSA) is 121 Å². The maximum atomic E-state index is 13.4. The Morgan fingerprint density at radius 1 is 1.07 bits per heavy atom. The number of carbonyl (C=O) groups is 3. The van der Waals surface area contributed by atoms with Crippen LogP contribution >= 0.6 is 11.6 Å². The van der Waals surface area contributed by atoms with Gasteiger partial charge in [-0.1, -0.05) is 48.0 Å². The number of aromatic hydroxyl groups is 1. The minimum atomic E-state index is -0.482. The van der Waals surface area contributed by atoms with E-state index in [1.807, 2.05) is 36.4 Å². The maximum Gasteiger partial charge on any atom is 0.307 e. The molecule has 0 unspecified atom stereocenters. The molecule has 0 saturated heterocycles. The molecule has 2 N–H and O–H groups in total. The van der Waals surface area contributed by atoms with Gasteiger partial charge in [-0.3, -0.25) is 14.4 Å². The number of carbonyl (C=O) groups excluding carboxylic acids is 3. The number of nitrogens with zero attached hydrogens (tertiary/aromatic N) is 2. The van der Waals surface area contributed by atoms with Crippen molar-refractivity contribution in [1.82, 2.24) is 10.3 Å². The van der Waals surface area contributed by atoms with Crippen molar-refractivity contribution in [1.29, 1.82) is 0 Å². The first-order chi connectivity index (χ1) is 19.4. The van der Waals surface area contributed by atoms with Gasteiger partial charge in [-0.05, 0) is 53.6 Å². The van der Waals surface area contributed by atoms with Crippen molar-refractivity contribution in [3.8, 4) is 5.75 Å². The summed E-state index contributed by atoms with van der Waals surface area (Å²) in [5.41, 5.74) is 4.25. The first-order valence-electron chi connectivity index (χ1n) is 12.6. The van der Waals surface area contributed by atoms with Crippen molar-refractivity contribution < 1.29 is 28.6 Å². The quantitative estimate of drug-likeness (QED) is 0.150. The van der Waals surface area contributed by atoms with Gasteiger partial charge < -0.3 is 19.2 Å². The number of nitrogens with one attached hydrogen (secondary N) is 1. The summed E-state index contributed by atoms with van der Waals surface area (Å²) in [4.78, 5) is 39.3. The molecule has 0 atom stereocenters. The second-order valence-electron chi connectivity index (χ2n) is 8.85. The Morgan fingerprint density at radius 2 is 1.88 bits per heavy atom. The number of benzene rings is 3. The molecule has 0 aliphatic rings. The van der Waals surface area contributed by atoms with Crippen LogP contribution in [0.4, 0.5) is 0 Å². The molecule has 0 fully saturated rings. The Morgan fingerprint density at radius 3 is 2.60 bits per heavy atom. The number of phenolic OH excluding ortho intramolecular Hbond substituents is 1. The van der Waals surface area contributed by atoms with Gasteiger partial charge in [0.2, 0.25) is 5.91 Å². The van der Waals surface area contributed by atoms with Crippen molar-refractivity contribution in [2.45, 2.75) is 26.3 Å². The zero-order valence-corrected chi connectivity index (χ0v) is 22.6. The Bertz CT molecular complexity index is 1530. The highest BCUT2D eigenvalue weighted by molar-refractivity contribution is 6.32. The van der Waals surface area contributed by atoms with Crippen LogP contribution < -0.4 is 5.43 Å². The molecule has 1 aromatic heterocycles. The number of amides is 2. The van der Waals surface area contributed by atoms with Crippen LogP contribution in [0.25, 0.3) is 10.8 Å². The zero-order valence-electron chi connectivity index (χ0n) is 21.8. The number of esters is 1. The van der Waals surface area contributed by atoms with Gasteiger partial charge in [-0.2, -0.15) is 5.10 Å². The first-order valence-corrected chi connectivity index (χ1v) is 13.0. The number of ether oxygens (including phenoxy) is 1. The molecule has 0 bridgehead atoms. The van der Waals surface area contributed by atoms with Gasteiger partial charge in [0.25, 0.3) is 5.91 Å². The summed E-state index contributed by atoms with van der Waals surface area (Å²) in [5, 5.41) is 15.4. The molecule has 0 saturated carbocycles. The SMILES string of the molecule is CCOC(=O)CCN(Cc1ccco1)C(=O)Cc1ccc(C=NNC(=O)c2ccc(O)c(Cl)c2)c2ccccc12. The number of phenols is 1. The molecule has 3 aromatic carbocycles. The van der Waals surface area contributed by atoms with Gasteiger partial charge in [0.1, 0.15) is 11.5 Å². The van der Waals surface area contributed by atoms with E-state index in [-0.39, 0.29) is 60.8 Å². The molecule has 40 heavy (non-hydrogen) atoms. The molecule has 0 aliphatic heterocycles. The fourth-order valence-electron chi connectivity index (χ4n) is 4.14. The monoisotopic (exact) mass is 561 g/mol. The number of hydrogen-bond acceptors (Lipinski definition) is 7. The first kappa shape index (κ1) is 28.4. The van der Waals surface area contributed by atoms with Crippen LogP contribution in [0.5, 0.6) is 5.75 Å². The number of furan rings is 1. The van der Waals surface area contributed by atoms with Crippen molar-refractivity contribution in [2.24, 2.45) is 5.10 Å². The smallest absolute Gasteiger partial charge is 0.307 e. The van der Waals surface area contributed by atoms with Crippen LogP contribution in [-0.4, -0.2) is 47.2 Å². The minimum absolute atomic E-state index is 0.0661. The van der Waals surface area contributed by atoms with Crippen LogP contribution in [0, 0.1) is 0 Å². The third kappa shape index (κ3) is 7.27. The van der Waals surface area contributed by atoms with Crippen molar-refractivity contribution in [2.75, 3.05) is 13.2 Å². The average molecular weight is 562 g/mol. The van der Waals surface area contributed by atoms with E-state index in [1.54, 1.807) is 30.2 Å². The maximum absolute atomic E-state index is 13.4. The number of rotatable bonds is 11. The van der Waals surface area contributed by atoms with Crippen LogP contribution in [-0.2, 0) is 27.3 Å². The van der Waals surface area contributed by atoms with E-state index >= 15 is 0 Å². The molecule has 206 valence electrons.